The van der Waals surface area contributed by atoms with E-state index in [-0.39, 0.29) is 5.91 Å². The molecule has 9 heteroatoms. The van der Waals surface area contributed by atoms with Crippen LogP contribution in [0.5, 0.6) is 17.2 Å². The molecule has 2 aromatic rings. The molecule has 1 aromatic carbocycles. The molecular weight excluding hydrogens is 470 g/mol. The van der Waals surface area contributed by atoms with Gasteiger partial charge >= 0.3 is 0 Å². The number of fused-ring (bicyclic) bond motifs is 1. The standard InChI is InChI=1S/C21H29N5O3.C7H6O/c1-28-17-12-15-16(13-18(17)29-2)23-21(24-20(15)22)26-9-7-25(8-10-26)19(27)11-14-5-3-4-6-14;1-8-7-4-5-2-3-6(5)7/h12-14H,3-11H2,1-2H3,(H2,22,23,24);2-4H,1H3. The van der Waals surface area contributed by atoms with Gasteiger partial charge in [0.2, 0.25) is 11.9 Å². The lowest BCUT2D eigenvalue weighted by Crippen LogP contribution is -2.49. The minimum absolute atomic E-state index is 0.285. The van der Waals surface area contributed by atoms with Gasteiger partial charge in [0.05, 0.1) is 26.8 Å². The number of benzene rings is 2. The summed E-state index contributed by atoms with van der Waals surface area (Å²) in [6.45, 7) is 2.79. The molecule has 0 spiro atoms. The second-order valence-electron chi connectivity index (χ2n) is 9.77. The van der Waals surface area contributed by atoms with Gasteiger partial charge in [0.15, 0.2) is 11.5 Å². The number of rotatable bonds is 6. The summed E-state index contributed by atoms with van der Waals surface area (Å²) in [4.78, 5) is 25.9. The molecule has 6 rings (SSSR count). The predicted molar refractivity (Wildman–Crippen MR) is 143 cm³/mol. The number of aromatic nitrogens is 2. The van der Waals surface area contributed by atoms with Gasteiger partial charge in [0, 0.05) is 49.3 Å². The van der Waals surface area contributed by atoms with E-state index in [1.54, 1.807) is 27.4 Å². The smallest absolute Gasteiger partial charge is 0.228 e. The minimum Gasteiger partial charge on any atom is -0.496 e. The van der Waals surface area contributed by atoms with Crippen molar-refractivity contribution in [2.45, 2.75) is 32.1 Å². The molecule has 2 fully saturated rings. The molecule has 1 aromatic heterocycles. The monoisotopic (exact) mass is 505 g/mol. The molecule has 1 saturated heterocycles. The molecule has 2 N–H and O–H groups in total. The third-order valence-corrected chi connectivity index (χ3v) is 7.58. The van der Waals surface area contributed by atoms with Gasteiger partial charge in [0.1, 0.15) is 11.6 Å². The number of carbonyl (C=O) groups excluding carboxylic acids is 1. The highest BCUT2D eigenvalue weighted by atomic mass is 16.5. The van der Waals surface area contributed by atoms with Crippen molar-refractivity contribution < 1.29 is 19.0 Å². The third kappa shape index (κ3) is 5.08. The second kappa shape index (κ2) is 10.7. The molecule has 1 saturated carbocycles. The number of amides is 1. The van der Waals surface area contributed by atoms with Crippen molar-refractivity contribution in [1.29, 1.82) is 0 Å². The lowest BCUT2D eigenvalue weighted by molar-refractivity contribution is -0.132. The Hall–Kier alpha value is -3.75. The summed E-state index contributed by atoms with van der Waals surface area (Å²) >= 11 is 0. The summed E-state index contributed by atoms with van der Waals surface area (Å²) in [6.07, 6.45) is 5.63. The Balaban J connectivity index is 0.000000295. The van der Waals surface area contributed by atoms with Crippen LogP contribution in [0.4, 0.5) is 11.8 Å². The number of nitrogen functional groups attached to an aromatic ring is 1. The maximum absolute atomic E-state index is 12.6. The van der Waals surface area contributed by atoms with Crippen LogP contribution in [0.1, 0.15) is 32.1 Å². The van der Waals surface area contributed by atoms with E-state index in [9.17, 15) is 4.79 Å². The average molecular weight is 506 g/mol. The van der Waals surface area contributed by atoms with Gasteiger partial charge in [-0.15, -0.1) is 0 Å². The molecule has 2 heterocycles. The zero-order valence-electron chi connectivity index (χ0n) is 21.8. The normalized spacial score (nSPS) is 16.3. The van der Waals surface area contributed by atoms with Crippen molar-refractivity contribution >= 4 is 28.6 Å². The first-order valence-corrected chi connectivity index (χ1v) is 12.9. The Morgan fingerprint density at radius 3 is 2.14 bits per heavy atom. The molecule has 0 atom stereocenters. The van der Waals surface area contributed by atoms with E-state index in [2.05, 4.69) is 22.0 Å². The maximum atomic E-state index is 12.6. The predicted octanol–water partition coefficient (Wildman–Crippen LogP) is 3.75. The van der Waals surface area contributed by atoms with Crippen LogP contribution in [0.25, 0.3) is 10.9 Å². The Bertz CT molecular complexity index is 1380. The second-order valence-corrected chi connectivity index (χ2v) is 9.77. The molecule has 37 heavy (non-hydrogen) atoms. The van der Waals surface area contributed by atoms with Crippen molar-refractivity contribution in [2.24, 2.45) is 5.92 Å². The lowest BCUT2D eigenvalue weighted by Gasteiger charge is -2.35. The van der Waals surface area contributed by atoms with Gasteiger partial charge in [-0.2, -0.15) is 4.98 Å². The molecule has 1 aliphatic heterocycles. The number of hydrogen-bond acceptors (Lipinski definition) is 8. The number of piperazine rings is 1. The van der Waals surface area contributed by atoms with Crippen LogP contribution in [0, 0.1) is 16.4 Å². The van der Waals surface area contributed by atoms with Crippen molar-refractivity contribution in [3.8, 4) is 17.2 Å². The third-order valence-electron chi connectivity index (χ3n) is 7.58. The molecule has 196 valence electrons. The van der Waals surface area contributed by atoms with Crippen LogP contribution in [-0.4, -0.2) is 68.3 Å². The van der Waals surface area contributed by atoms with Crippen molar-refractivity contribution in [1.82, 2.24) is 14.9 Å². The van der Waals surface area contributed by atoms with E-state index < -0.39 is 0 Å². The molecule has 3 aliphatic carbocycles. The minimum atomic E-state index is 0.285. The SMILES string of the molecule is COc1cc2ccc1=2.COc1cc2nc(N3CCN(C(=O)CC4CCCC4)CC3)nc(N)c2cc1OC. The summed E-state index contributed by atoms with van der Waals surface area (Å²) in [5, 5.41) is 3.35. The number of hydrogen-bond donors (Lipinski definition) is 1. The van der Waals surface area contributed by atoms with Crippen LogP contribution >= 0.6 is 0 Å². The van der Waals surface area contributed by atoms with Gasteiger partial charge in [0.25, 0.3) is 0 Å². The fourth-order valence-corrected chi connectivity index (χ4v) is 5.28. The summed E-state index contributed by atoms with van der Waals surface area (Å²) in [5.41, 5.74) is 6.92. The highest BCUT2D eigenvalue weighted by Gasteiger charge is 2.26. The van der Waals surface area contributed by atoms with Gasteiger partial charge in [-0.05, 0) is 36.1 Å². The Kier molecular flexibility index (Phi) is 7.21. The van der Waals surface area contributed by atoms with E-state index in [1.807, 2.05) is 17.0 Å². The molecule has 9 nitrogen and oxygen atoms in total. The van der Waals surface area contributed by atoms with Crippen LogP contribution in [0.2, 0.25) is 0 Å². The van der Waals surface area contributed by atoms with E-state index in [1.165, 1.54) is 36.1 Å². The Morgan fingerprint density at radius 2 is 1.59 bits per heavy atom. The summed E-state index contributed by atoms with van der Waals surface area (Å²) in [5.74, 6) is 4.09. The number of methoxy groups -OCH3 is 3. The first-order valence-electron chi connectivity index (χ1n) is 12.9. The largest absolute Gasteiger partial charge is 0.496 e. The molecule has 0 radical (unpaired) electrons. The van der Waals surface area contributed by atoms with Gasteiger partial charge in [-0.3, -0.25) is 4.79 Å². The number of nitrogens with zero attached hydrogens (tertiary/aromatic N) is 4. The topological polar surface area (TPSA) is 103 Å². The highest BCUT2D eigenvalue weighted by molar-refractivity contribution is 5.91. The zero-order chi connectivity index (χ0) is 25.9. The Labute approximate surface area is 216 Å². The molecule has 1 amide bonds. The van der Waals surface area contributed by atoms with Crippen LogP contribution in [0.3, 0.4) is 0 Å². The van der Waals surface area contributed by atoms with E-state index >= 15 is 0 Å². The molecule has 0 unspecified atom stereocenters. The van der Waals surface area contributed by atoms with Gasteiger partial charge < -0.3 is 29.7 Å². The molecular formula is C28H35N5O4. The summed E-state index contributed by atoms with van der Waals surface area (Å²) in [7, 11) is 4.88. The highest BCUT2D eigenvalue weighted by Crippen LogP contribution is 2.34. The van der Waals surface area contributed by atoms with Crippen molar-refractivity contribution in [2.75, 3.05) is 58.1 Å². The van der Waals surface area contributed by atoms with E-state index in [0.717, 1.165) is 11.1 Å². The number of nitrogens with two attached hydrogens (primary N) is 1. The molecule has 4 aliphatic rings. The first kappa shape index (κ1) is 24.9. The van der Waals surface area contributed by atoms with Crippen molar-refractivity contribution in [3.63, 3.8) is 0 Å². The molecule has 0 bridgehead atoms. The first-order chi connectivity index (χ1) is 18.0. The maximum Gasteiger partial charge on any atom is 0.228 e. The zero-order valence-corrected chi connectivity index (χ0v) is 21.8. The Morgan fingerprint density at radius 1 is 0.919 bits per heavy atom. The van der Waals surface area contributed by atoms with Crippen molar-refractivity contribution in [3.05, 3.63) is 40.8 Å². The summed E-state index contributed by atoms with van der Waals surface area (Å²) < 4.78 is 15.7. The quantitative estimate of drug-likeness (QED) is 0.423. The summed E-state index contributed by atoms with van der Waals surface area (Å²) in [6, 6.07) is 9.80. The van der Waals surface area contributed by atoms with Gasteiger partial charge in [-0.25, -0.2) is 4.98 Å². The van der Waals surface area contributed by atoms with Crippen LogP contribution in [-0.2, 0) is 4.79 Å². The van der Waals surface area contributed by atoms with Crippen LogP contribution < -0.4 is 24.8 Å². The number of ether oxygens (including phenoxy) is 3. The number of carbonyl (C=O) groups is 1. The average Bonchev–Trinajstić information content (AvgIpc) is 3.42. The number of anilines is 2. The van der Waals surface area contributed by atoms with Crippen LogP contribution in [0.15, 0.2) is 30.3 Å². The van der Waals surface area contributed by atoms with Gasteiger partial charge in [-0.1, -0.05) is 25.0 Å². The lowest BCUT2D eigenvalue weighted by atomic mass is 10.0. The van der Waals surface area contributed by atoms with E-state index in [4.69, 9.17) is 24.9 Å². The van der Waals surface area contributed by atoms with E-state index in [0.29, 0.717) is 67.3 Å². The fourth-order valence-electron chi connectivity index (χ4n) is 5.28. The fraction of sp³-hybridized carbons (Fsp3) is 0.464.